The van der Waals surface area contributed by atoms with Gasteiger partial charge < -0.3 is 9.31 Å². The monoisotopic (exact) mass is 296 g/mol. The van der Waals surface area contributed by atoms with Crippen molar-refractivity contribution in [1.29, 1.82) is 0 Å². The number of nitrogens with zero attached hydrogens (tertiary/aromatic N) is 2. The lowest BCUT2D eigenvalue weighted by Gasteiger charge is -2.32. The average Bonchev–Trinajstić information content (AvgIpc) is 2.68. The summed E-state index contributed by atoms with van der Waals surface area (Å²) in [6.07, 6.45) is 1.57. The third-order valence-electron chi connectivity index (χ3n) is 4.53. The molecule has 0 saturated carbocycles. The van der Waals surface area contributed by atoms with E-state index in [1.807, 2.05) is 33.8 Å². The highest BCUT2D eigenvalue weighted by atomic mass is 16.7. The van der Waals surface area contributed by atoms with Crippen LogP contribution in [0.25, 0.3) is 11.3 Å². The molecule has 1 fully saturated rings. The molecule has 0 amide bonds. The number of aryl methyl sites for hydroxylation is 1. The maximum atomic E-state index is 6.05. The first-order chi connectivity index (χ1) is 10.3. The van der Waals surface area contributed by atoms with Gasteiger partial charge in [-0.1, -0.05) is 29.8 Å². The van der Waals surface area contributed by atoms with Crippen LogP contribution in [0.3, 0.4) is 0 Å². The molecule has 0 aliphatic carbocycles. The predicted octanol–water partition coefficient (Wildman–Crippen LogP) is 2.75. The quantitative estimate of drug-likeness (QED) is 0.799. The maximum absolute atomic E-state index is 6.05. The molecule has 2 aromatic rings. The van der Waals surface area contributed by atoms with Gasteiger partial charge in [0.05, 0.1) is 22.5 Å². The molecule has 0 spiro atoms. The lowest BCUT2D eigenvalue weighted by Crippen LogP contribution is -2.41. The van der Waals surface area contributed by atoms with E-state index in [9.17, 15) is 0 Å². The zero-order valence-corrected chi connectivity index (χ0v) is 13.8. The normalized spacial score (nSPS) is 19.4. The molecule has 0 bridgehead atoms. The van der Waals surface area contributed by atoms with Crippen molar-refractivity contribution >= 4 is 12.7 Å². The van der Waals surface area contributed by atoms with Crippen molar-refractivity contribution in [1.82, 2.24) is 9.97 Å². The highest BCUT2D eigenvalue weighted by Gasteiger charge is 2.52. The summed E-state index contributed by atoms with van der Waals surface area (Å²) in [5.41, 5.74) is 3.18. The van der Waals surface area contributed by atoms with Crippen LogP contribution < -0.4 is 5.59 Å². The topological polar surface area (TPSA) is 44.2 Å². The molecule has 5 heteroatoms. The van der Waals surface area contributed by atoms with Crippen LogP contribution in [-0.2, 0) is 9.31 Å². The van der Waals surface area contributed by atoms with Gasteiger partial charge in [-0.25, -0.2) is 9.97 Å². The van der Waals surface area contributed by atoms with Gasteiger partial charge in [0, 0.05) is 5.56 Å². The van der Waals surface area contributed by atoms with Crippen molar-refractivity contribution in [2.45, 2.75) is 45.8 Å². The SMILES string of the molecule is Cc1ccc(-c2cc(B3OC(C)(C)C(C)(C)O3)ncn2)cc1. The molecule has 2 heterocycles. The summed E-state index contributed by atoms with van der Waals surface area (Å²) in [7, 11) is -0.461. The fraction of sp³-hybridized carbons (Fsp3) is 0.412. The van der Waals surface area contributed by atoms with Gasteiger partial charge in [0.25, 0.3) is 0 Å². The van der Waals surface area contributed by atoms with Crippen molar-refractivity contribution in [3.8, 4) is 11.3 Å². The van der Waals surface area contributed by atoms with E-state index in [-0.39, 0.29) is 11.2 Å². The van der Waals surface area contributed by atoms with Gasteiger partial charge in [-0.15, -0.1) is 0 Å². The van der Waals surface area contributed by atoms with Gasteiger partial charge in [-0.2, -0.15) is 0 Å². The van der Waals surface area contributed by atoms with E-state index in [0.717, 1.165) is 16.9 Å². The first kappa shape index (κ1) is 15.2. The Hall–Kier alpha value is -1.72. The van der Waals surface area contributed by atoms with Crippen molar-refractivity contribution in [2.75, 3.05) is 0 Å². The fourth-order valence-corrected chi connectivity index (χ4v) is 2.35. The molecule has 0 N–H and O–H groups in total. The van der Waals surface area contributed by atoms with E-state index in [1.165, 1.54) is 5.56 Å². The van der Waals surface area contributed by atoms with Gasteiger partial charge in [0.1, 0.15) is 6.33 Å². The van der Waals surface area contributed by atoms with Gasteiger partial charge in [0.2, 0.25) is 0 Å². The predicted molar refractivity (Wildman–Crippen MR) is 87.9 cm³/mol. The molecule has 3 rings (SSSR count). The van der Waals surface area contributed by atoms with E-state index in [2.05, 4.69) is 41.2 Å². The van der Waals surface area contributed by atoms with Crippen LogP contribution >= 0.6 is 0 Å². The second-order valence-electron chi connectivity index (χ2n) is 6.78. The van der Waals surface area contributed by atoms with E-state index in [4.69, 9.17) is 9.31 Å². The lowest BCUT2D eigenvalue weighted by molar-refractivity contribution is 0.00578. The Morgan fingerprint density at radius 2 is 1.50 bits per heavy atom. The zero-order chi connectivity index (χ0) is 16.0. The molecule has 1 aliphatic rings. The van der Waals surface area contributed by atoms with Crippen molar-refractivity contribution in [3.63, 3.8) is 0 Å². The molecular weight excluding hydrogens is 275 g/mol. The minimum Gasteiger partial charge on any atom is -0.398 e. The summed E-state index contributed by atoms with van der Waals surface area (Å²) in [5, 5.41) is 0. The average molecular weight is 296 g/mol. The molecular formula is C17H21BN2O2. The lowest BCUT2D eigenvalue weighted by atomic mass is 9.84. The van der Waals surface area contributed by atoms with E-state index >= 15 is 0 Å². The highest BCUT2D eigenvalue weighted by molar-refractivity contribution is 6.61. The Labute approximate surface area is 132 Å². The van der Waals surface area contributed by atoms with Crippen LogP contribution in [0.2, 0.25) is 0 Å². The molecule has 114 valence electrons. The number of rotatable bonds is 2. The van der Waals surface area contributed by atoms with Crippen LogP contribution in [-0.4, -0.2) is 28.3 Å². The smallest absolute Gasteiger partial charge is 0.398 e. The van der Waals surface area contributed by atoms with Crippen molar-refractivity contribution in [3.05, 3.63) is 42.2 Å². The maximum Gasteiger partial charge on any atom is 0.514 e. The third kappa shape index (κ3) is 2.66. The number of aromatic nitrogens is 2. The first-order valence-electron chi connectivity index (χ1n) is 7.53. The van der Waals surface area contributed by atoms with Crippen LogP contribution in [0, 0.1) is 6.92 Å². The Morgan fingerprint density at radius 3 is 2.09 bits per heavy atom. The van der Waals surface area contributed by atoms with Crippen molar-refractivity contribution < 1.29 is 9.31 Å². The molecule has 1 aromatic heterocycles. The minimum absolute atomic E-state index is 0.368. The van der Waals surface area contributed by atoms with Gasteiger partial charge in [-0.3, -0.25) is 0 Å². The number of benzene rings is 1. The second-order valence-corrected chi connectivity index (χ2v) is 6.78. The van der Waals surface area contributed by atoms with Crippen molar-refractivity contribution in [2.24, 2.45) is 0 Å². The van der Waals surface area contributed by atoms with Crippen LogP contribution in [0.15, 0.2) is 36.7 Å². The Balaban J connectivity index is 1.91. The third-order valence-corrected chi connectivity index (χ3v) is 4.53. The largest absolute Gasteiger partial charge is 0.514 e. The van der Waals surface area contributed by atoms with Gasteiger partial charge in [0.15, 0.2) is 0 Å². The summed E-state index contributed by atoms with van der Waals surface area (Å²) in [4.78, 5) is 8.70. The molecule has 0 atom stereocenters. The summed E-state index contributed by atoms with van der Waals surface area (Å²) in [6, 6.07) is 10.2. The van der Waals surface area contributed by atoms with E-state index in [0.29, 0.717) is 0 Å². The summed E-state index contributed by atoms with van der Waals surface area (Å²) in [6.45, 7) is 10.2. The molecule has 1 aromatic carbocycles. The number of hydrogen-bond donors (Lipinski definition) is 0. The Morgan fingerprint density at radius 1 is 0.909 bits per heavy atom. The van der Waals surface area contributed by atoms with E-state index < -0.39 is 7.12 Å². The molecule has 0 unspecified atom stereocenters. The standard InChI is InChI=1S/C17H21BN2O2/c1-12-6-8-13(9-7-12)14-10-15(20-11-19-14)18-21-16(2,3)17(4,5)22-18/h6-11H,1-5H3. The van der Waals surface area contributed by atoms with Gasteiger partial charge in [-0.05, 0) is 40.7 Å². The molecule has 0 radical (unpaired) electrons. The molecule has 1 aliphatic heterocycles. The van der Waals surface area contributed by atoms with E-state index in [1.54, 1.807) is 6.33 Å². The highest BCUT2D eigenvalue weighted by Crippen LogP contribution is 2.36. The summed E-state index contributed by atoms with van der Waals surface area (Å²) >= 11 is 0. The Kier molecular flexibility index (Phi) is 3.58. The molecule has 4 nitrogen and oxygen atoms in total. The molecule has 1 saturated heterocycles. The zero-order valence-electron chi connectivity index (χ0n) is 13.8. The summed E-state index contributed by atoms with van der Waals surface area (Å²) in [5.74, 6) is 0. The second kappa shape index (κ2) is 5.18. The Bertz CT molecular complexity index is 667. The minimum atomic E-state index is -0.461. The first-order valence-corrected chi connectivity index (χ1v) is 7.53. The van der Waals surface area contributed by atoms with Gasteiger partial charge >= 0.3 is 7.12 Å². The van der Waals surface area contributed by atoms with Crippen LogP contribution in [0.1, 0.15) is 33.3 Å². The fourth-order valence-electron chi connectivity index (χ4n) is 2.35. The number of hydrogen-bond acceptors (Lipinski definition) is 4. The van der Waals surface area contributed by atoms with Crippen LogP contribution in [0.4, 0.5) is 0 Å². The summed E-state index contributed by atoms with van der Waals surface area (Å²) < 4.78 is 12.1. The van der Waals surface area contributed by atoms with Crippen LogP contribution in [0.5, 0.6) is 0 Å². The molecule has 22 heavy (non-hydrogen) atoms.